The lowest BCUT2D eigenvalue weighted by molar-refractivity contribution is -0.697. The molecular weight excluding hydrogens is 596 g/mol. The topological polar surface area (TPSA) is 65.7 Å². The number of nitrogens with zero attached hydrogens (tertiary/aromatic N) is 6. The standard InChI is InChI=1S/C40H46N6O2/c1-5-7-17-41-19-21-43(27-41)23-25-45-29(3)35(31-13-9-11-15-33(31)45)37-39(47)38(40(37)48)36-30(4)46(34-16-12-10-14-32(34)36)26-24-44-22-20-42(28-44)18-8-6-2/h9-16,19-22,27-28H,5-8,17-18,23-26H2,1-4H3/q+2. The summed E-state index contributed by atoms with van der Waals surface area (Å²) in [6.45, 7) is 13.6. The minimum Gasteiger partial charge on any atom is -0.871 e. The van der Waals surface area contributed by atoms with Crippen molar-refractivity contribution >= 4 is 39.2 Å². The molecule has 0 spiro atoms. The fourth-order valence-electron chi connectivity index (χ4n) is 7.44. The number of ketones is 1. The van der Waals surface area contributed by atoms with Crippen molar-refractivity contribution in [3.8, 4) is 0 Å². The van der Waals surface area contributed by atoms with Crippen LogP contribution in [-0.4, -0.2) is 36.3 Å². The van der Waals surface area contributed by atoms with E-state index >= 15 is 0 Å². The number of rotatable bonds is 13. The lowest BCUT2D eigenvalue weighted by Gasteiger charge is -2.32. The highest BCUT2D eigenvalue weighted by molar-refractivity contribution is 6.46. The zero-order chi connectivity index (χ0) is 33.4. The van der Waals surface area contributed by atoms with Crippen LogP contribution in [0.15, 0.2) is 97.3 Å². The molecule has 1 aliphatic carbocycles. The van der Waals surface area contributed by atoms with Crippen molar-refractivity contribution < 1.29 is 23.6 Å². The number of Topliss-reactive ketones (excluding diaryl/α,β-unsaturated/α-hetero) is 1. The number of carbonyl (C=O) groups excluding carboxylic acids is 1. The summed E-state index contributed by atoms with van der Waals surface area (Å²) in [5.41, 5.74) is 7.16. The summed E-state index contributed by atoms with van der Waals surface area (Å²) in [5, 5.41) is 15.1. The Kier molecular flexibility index (Phi) is 8.73. The van der Waals surface area contributed by atoms with Gasteiger partial charge in [0, 0.05) is 46.3 Å². The summed E-state index contributed by atoms with van der Waals surface area (Å²) in [4.78, 5) is 14.2. The predicted octanol–water partition coefficient (Wildman–Crippen LogP) is 5.35. The van der Waals surface area contributed by atoms with Crippen LogP contribution in [0.5, 0.6) is 0 Å². The van der Waals surface area contributed by atoms with Gasteiger partial charge in [-0.05, 0) is 31.9 Å². The normalized spacial score (nSPS) is 16.0. The molecule has 3 aromatic heterocycles. The van der Waals surface area contributed by atoms with Gasteiger partial charge < -0.3 is 9.67 Å². The summed E-state index contributed by atoms with van der Waals surface area (Å²) in [5.74, 6) is -0.302. The summed E-state index contributed by atoms with van der Waals surface area (Å²) >= 11 is 0. The Morgan fingerprint density at radius 3 is 2.06 bits per heavy atom. The summed E-state index contributed by atoms with van der Waals surface area (Å²) in [6, 6.07) is 16.3. The first-order valence-electron chi connectivity index (χ1n) is 17.5. The Morgan fingerprint density at radius 2 is 1.38 bits per heavy atom. The number of hydrogen-bond acceptors (Lipinski definition) is 2. The van der Waals surface area contributed by atoms with Crippen LogP contribution >= 0.6 is 0 Å². The molecule has 8 nitrogen and oxygen atoms in total. The molecule has 4 heterocycles. The maximum atomic E-state index is 14.2. The molecule has 0 radical (unpaired) electrons. The zero-order valence-corrected chi connectivity index (χ0v) is 28.7. The van der Waals surface area contributed by atoms with Gasteiger partial charge in [-0.15, -0.1) is 0 Å². The van der Waals surface area contributed by atoms with E-state index in [1.165, 1.54) is 12.8 Å². The second-order valence-electron chi connectivity index (χ2n) is 13.2. The van der Waals surface area contributed by atoms with Crippen LogP contribution in [0.2, 0.25) is 0 Å². The van der Waals surface area contributed by atoms with Crippen LogP contribution in [0.4, 0.5) is 5.69 Å². The Labute approximate surface area is 282 Å². The van der Waals surface area contributed by atoms with E-state index in [1.54, 1.807) is 0 Å². The first-order chi connectivity index (χ1) is 23.4. The van der Waals surface area contributed by atoms with E-state index in [-0.39, 0.29) is 11.5 Å². The monoisotopic (exact) mass is 642 g/mol. The highest BCUT2D eigenvalue weighted by Gasteiger charge is 2.41. The van der Waals surface area contributed by atoms with Crippen molar-refractivity contribution in [1.29, 1.82) is 0 Å². The van der Waals surface area contributed by atoms with Crippen molar-refractivity contribution in [2.75, 3.05) is 6.54 Å². The number of benzene rings is 2. The van der Waals surface area contributed by atoms with E-state index < -0.39 is 0 Å². The fourth-order valence-corrected chi connectivity index (χ4v) is 7.44. The summed E-state index contributed by atoms with van der Waals surface area (Å²) < 4.78 is 13.4. The molecule has 2 aliphatic rings. The second-order valence-corrected chi connectivity index (χ2v) is 13.2. The van der Waals surface area contributed by atoms with Crippen LogP contribution in [0.3, 0.4) is 0 Å². The molecule has 1 aliphatic heterocycles. The van der Waals surface area contributed by atoms with E-state index in [0.717, 1.165) is 96.8 Å². The van der Waals surface area contributed by atoms with E-state index in [2.05, 4.69) is 90.8 Å². The number of imidazole rings is 2. The third kappa shape index (κ3) is 5.53. The molecule has 8 heteroatoms. The Balaban J connectivity index is 1.21. The number of unbranched alkanes of at least 4 members (excludes halogenated alkanes) is 2. The predicted molar refractivity (Wildman–Crippen MR) is 187 cm³/mol. The molecule has 0 saturated carbocycles. The highest BCUT2D eigenvalue weighted by Crippen LogP contribution is 2.46. The number of hydrogen-bond donors (Lipinski definition) is 0. The van der Waals surface area contributed by atoms with Gasteiger partial charge in [-0.2, -0.15) is 4.58 Å². The van der Waals surface area contributed by atoms with Gasteiger partial charge >= 0.3 is 0 Å². The molecule has 0 unspecified atom stereocenters. The van der Waals surface area contributed by atoms with Gasteiger partial charge in [0.2, 0.25) is 18.3 Å². The molecular formula is C40H46N6O2+2. The average molecular weight is 643 g/mol. The lowest BCUT2D eigenvalue weighted by atomic mass is 9.78. The summed E-state index contributed by atoms with van der Waals surface area (Å²) in [7, 11) is 0. The van der Waals surface area contributed by atoms with Gasteiger partial charge in [-0.25, -0.2) is 18.3 Å². The first-order valence-corrected chi connectivity index (χ1v) is 17.5. The zero-order valence-electron chi connectivity index (χ0n) is 28.7. The number of fused-ring (bicyclic) bond motifs is 2. The van der Waals surface area contributed by atoms with Gasteiger partial charge in [0.15, 0.2) is 18.0 Å². The van der Waals surface area contributed by atoms with E-state index in [9.17, 15) is 9.90 Å². The molecule has 0 bridgehead atoms. The van der Waals surface area contributed by atoms with Crippen LogP contribution in [0.1, 0.15) is 63.3 Å². The van der Waals surface area contributed by atoms with Gasteiger partial charge in [-0.1, -0.05) is 62.8 Å². The number of para-hydroxylation sites is 2. The molecule has 7 rings (SSSR count). The molecule has 0 fully saturated rings. The number of allylic oxidation sites excluding steroid dienone is 3. The van der Waals surface area contributed by atoms with E-state index in [0.29, 0.717) is 11.1 Å². The van der Waals surface area contributed by atoms with Gasteiger partial charge in [-0.3, -0.25) is 4.79 Å². The quantitative estimate of drug-likeness (QED) is 0.128. The smallest absolute Gasteiger partial charge is 0.243 e. The molecule has 2 aromatic carbocycles. The lowest BCUT2D eigenvalue weighted by Crippen LogP contribution is -2.31. The van der Waals surface area contributed by atoms with Crippen LogP contribution in [-0.2, 0) is 37.5 Å². The molecule has 5 aromatic rings. The van der Waals surface area contributed by atoms with Crippen molar-refractivity contribution in [3.05, 3.63) is 114 Å². The van der Waals surface area contributed by atoms with Gasteiger partial charge in [0.25, 0.3) is 0 Å². The van der Waals surface area contributed by atoms with Crippen LogP contribution < -0.4 is 14.2 Å². The molecule has 48 heavy (non-hydrogen) atoms. The van der Waals surface area contributed by atoms with Crippen LogP contribution in [0, 0.1) is 6.92 Å². The number of aromatic nitrogens is 5. The summed E-state index contributed by atoms with van der Waals surface area (Å²) in [6.07, 6.45) is 17.5. The SMILES string of the molecule is CCCC[n+]1ccn(CCn2c(C)c(C3=C([O-])/C(=C4/C(C)=[N+](CCn5cc[n+](CCCC)c5)c5ccccc54)C3=O)c3ccccc32)c1. The third-order valence-corrected chi connectivity index (χ3v) is 10.1. The van der Waals surface area contributed by atoms with Crippen molar-refractivity contribution in [1.82, 2.24) is 13.7 Å². The Bertz CT molecular complexity index is 2120. The second kappa shape index (κ2) is 13.3. The van der Waals surface area contributed by atoms with Crippen LogP contribution in [0.25, 0.3) is 22.0 Å². The molecule has 0 atom stereocenters. The van der Waals surface area contributed by atoms with E-state index in [1.807, 2.05) is 50.2 Å². The van der Waals surface area contributed by atoms with Gasteiger partial charge in [0.05, 0.1) is 30.8 Å². The average Bonchev–Trinajstić information content (AvgIpc) is 3.87. The van der Waals surface area contributed by atoms with Gasteiger partial charge in [0.1, 0.15) is 37.9 Å². The largest absolute Gasteiger partial charge is 0.871 e. The van der Waals surface area contributed by atoms with E-state index in [4.69, 9.17) is 0 Å². The molecule has 246 valence electrons. The maximum absolute atomic E-state index is 14.2. The molecule has 0 saturated heterocycles. The third-order valence-electron chi connectivity index (χ3n) is 10.1. The van der Waals surface area contributed by atoms with Crippen molar-refractivity contribution in [2.45, 2.75) is 86.1 Å². The maximum Gasteiger partial charge on any atom is 0.243 e. The minimum atomic E-state index is -0.151. The Hall–Kier alpha value is -4.98. The molecule has 0 amide bonds. The van der Waals surface area contributed by atoms with Crippen molar-refractivity contribution in [2.24, 2.45) is 0 Å². The number of carbonyl (C=O) groups is 1. The molecule has 0 N–H and O–H groups in total. The highest BCUT2D eigenvalue weighted by atomic mass is 16.3. The fraction of sp³-hybridized carbons (Fsp3) is 0.350. The number of aryl methyl sites for hydroxylation is 4. The van der Waals surface area contributed by atoms with Crippen molar-refractivity contribution in [3.63, 3.8) is 0 Å². The Morgan fingerprint density at radius 1 is 0.729 bits per heavy atom. The first kappa shape index (κ1) is 31.6. The minimum absolute atomic E-state index is 0.151.